The number of aromatic nitrogens is 2. The molecular formula is C25H26F2N6O2. The maximum Gasteiger partial charge on any atom is 0.337 e. The van der Waals surface area contributed by atoms with Crippen molar-refractivity contribution in [2.75, 3.05) is 42.9 Å². The SMILES string of the molecule is Cc1cc([C@@H](C)Nc2ccccc2C(=O)O)c2nc(N3CCN(CC(F)F)CC3)c(C#N)nc2c1. The second-order valence-electron chi connectivity index (χ2n) is 8.63. The minimum absolute atomic E-state index is 0.163. The summed E-state index contributed by atoms with van der Waals surface area (Å²) in [5, 5.41) is 22.5. The number of hydrogen-bond donors (Lipinski definition) is 2. The standard InChI is InChI=1S/C25H26F2N6O2/c1-15-11-18(16(2)29-19-6-4-3-5-17(19)25(34)35)23-20(12-15)30-21(13-28)24(31-23)33-9-7-32(8-10-33)14-22(26)27/h3-6,11-12,16,22,29H,7-10,14H2,1-2H3,(H,34,35)/t16-/m1/s1. The van der Waals surface area contributed by atoms with Gasteiger partial charge in [-0.2, -0.15) is 5.26 Å². The predicted molar refractivity (Wildman–Crippen MR) is 129 cm³/mol. The van der Waals surface area contributed by atoms with Gasteiger partial charge >= 0.3 is 5.97 Å². The fourth-order valence-electron chi connectivity index (χ4n) is 4.39. The van der Waals surface area contributed by atoms with Crippen molar-refractivity contribution in [1.82, 2.24) is 14.9 Å². The van der Waals surface area contributed by atoms with Crippen LogP contribution in [0.2, 0.25) is 0 Å². The van der Waals surface area contributed by atoms with Crippen LogP contribution in [-0.2, 0) is 0 Å². The molecule has 0 radical (unpaired) electrons. The van der Waals surface area contributed by atoms with Crippen molar-refractivity contribution >= 4 is 28.5 Å². The van der Waals surface area contributed by atoms with Crippen LogP contribution in [0.3, 0.4) is 0 Å². The van der Waals surface area contributed by atoms with Gasteiger partial charge in [0.25, 0.3) is 6.43 Å². The number of anilines is 2. The Balaban J connectivity index is 1.70. The average molecular weight is 481 g/mol. The first kappa shape index (κ1) is 24.3. The number of piperazine rings is 1. The summed E-state index contributed by atoms with van der Waals surface area (Å²) in [6.07, 6.45) is -2.39. The second kappa shape index (κ2) is 10.2. The zero-order valence-corrected chi connectivity index (χ0v) is 19.5. The molecule has 8 nitrogen and oxygen atoms in total. The summed E-state index contributed by atoms with van der Waals surface area (Å²) in [6.45, 7) is 5.37. The molecule has 2 N–H and O–H groups in total. The Kier molecular flexibility index (Phi) is 7.07. The number of carboxylic acid groups (broad SMARTS) is 1. The van der Waals surface area contributed by atoms with Gasteiger partial charge in [0, 0.05) is 37.4 Å². The Morgan fingerprint density at radius 2 is 1.91 bits per heavy atom. The van der Waals surface area contributed by atoms with E-state index in [-0.39, 0.29) is 23.8 Å². The minimum atomic E-state index is -2.39. The first-order chi connectivity index (χ1) is 16.8. The van der Waals surface area contributed by atoms with Crippen LogP contribution in [0, 0.1) is 18.3 Å². The van der Waals surface area contributed by atoms with Crippen molar-refractivity contribution in [2.45, 2.75) is 26.3 Å². The Morgan fingerprint density at radius 3 is 2.57 bits per heavy atom. The van der Waals surface area contributed by atoms with Gasteiger partial charge in [-0.1, -0.05) is 18.2 Å². The number of nitrogens with zero attached hydrogens (tertiary/aromatic N) is 5. The molecule has 2 aromatic carbocycles. The Labute approximate surface area is 201 Å². The highest BCUT2D eigenvalue weighted by Gasteiger charge is 2.25. The molecule has 0 aliphatic carbocycles. The summed E-state index contributed by atoms with van der Waals surface area (Å²) in [4.78, 5) is 24.7. The Hall–Kier alpha value is -3.84. The number of nitriles is 1. The largest absolute Gasteiger partial charge is 0.478 e. The summed E-state index contributed by atoms with van der Waals surface area (Å²) < 4.78 is 25.5. The van der Waals surface area contributed by atoms with E-state index in [4.69, 9.17) is 4.98 Å². The lowest BCUT2D eigenvalue weighted by molar-refractivity contribution is 0.0697. The lowest BCUT2D eigenvalue weighted by Gasteiger charge is -2.35. The normalized spacial score (nSPS) is 15.3. The van der Waals surface area contributed by atoms with E-state index < -0.39 is 12.4 Å². The number of fused-ring (bicyclic) bond motifs is 1. The van der Waals surface area contributed by atoms with Crippen molar-refractivity contribution in [3.05, 3.63) is 58.8 Å². The Bertz CT molecular complexity index is 1280. The molecule has 1 atom stereocenters. The maximum atomic E-state index is 12.8. The molecule has 4 rings (SSSR count). The van der Waals surface area contributed by atoms with Crippen molar-refractivity contribution in [1.29, 1.82) is 5.26 Å². The molecule has 3 aromatic rings. The third-order valence-electron chi connectivity index (χ3n) is 6.10. The summed E-state index contributed by atoms with van der Waals surface area (Å²) >= 11 is 0. The number of aryl methyl sites for hydroxylation is 1. The van der Waals surface area contributed by atoms with E-state index in [0.717, 1.165) is 11.1 Å². The van der Waals surface area contributed by atoms with Gasteiger partial charge in [0.2, 0.25) is 0 Å². The summed E-state index contributed by atoms with van der Waals surface area (Å²) in [5.74, 6) is -0.596. The van der Waals surface area contributed by atoms with Crippen molar-refractivity contribution in [3.8, 4) is 6.07 Å². The lowest BCUT2D eigenvalue weighted by atomic mass is 10.0. The number of halogens is 2. The van der Waals surface area contributed by atoms with Gasteiger partial charge < -0.3 is 15.3 Å². The number of carbonyl (C=O) groups is 1. The van der Waals surface area contributed by atoms with Gasteiger partial charge in [0.1, 0.15) is 6.07 Å². The number of rotatable bonds is 7. The van der Waals surface area contributed by atoms with Crippen LogP contribution in [0.15, 0.2) is 36.4 Å². The smallest absolute Gasteiger partial charge is 0.337 e. The molecule has 1 aliphatic rings. The first-order valence-electron chi connectivity index (χ1n) is 11.3. The van der Waals surface area contributed by atoms with Crippen LogP contribution in [0.5, 0.6) is 0 Å². The minimum Gasteiger partial charge on any atom is -0.478 e. The zero-order chi connectivity index (χ0) is 25.1. The molecule has 10 heteroatoms. The molecule has 0 spiro atoms. The van der Waals surface area contributed by atoms with E-state index in [2.05, 4.69) is 16.4 Å². The third-order valence-corrected chi connectivity index (χ3v) is 6.10. The number of carboxylic acids is 1. The summed E-state index contributed by atoms with van der Waals surface area (Å²) in [7, 11) is 0. The molecule has 0 bridgehead atoms. The van der Waals surface area contributed by atoms with Crippen LogP contribution in [-0.4, -0.2) is 65.1 Å². The van der Waals surface area contributed by atoms with E-state index in [9.17, 15) is 23.9 Å². The van der Waals surface area contributed by atoms with Crippen LogP contribution in [0.4, 0.5) is 20.3 Å². The number of benzene rings is 2. The number of para-hydroxylation sites is 1. The quantitative estimate of drug-likeness (QED) is 0.522. The second-order valence-corrected chi connectivity index (χ2v) is 8.63. The topological polar surface area (TPSA) is 105 Å². The van der Waals surface area contributed by atoms with Crippen LogP contribution < -0.4 is 10.2 Å². The highest BCUT2D eigenvalue weighted by atomic mass is 19.3. The number of aromatic carboxylic acids is 1. The third kappa shape index (κ3) is 5.30. The zero-order valence-electron chi connectivity index (χ0n) is 19.5. The van der Waals surface area contributed by atoms with Gasteiger partial charge in [0.15, 0.2) is 11.5 Å². The van der Waals surface area contributed by atoms with Crippen molar-refractivity contribution < 1.29 is 18.7 Å². The number of hydrogen-bond acceptors (Lipinski definition) is 7. The molecule has 0 unspecified atom stereocenters. The van der Waals surface area contributed by atoms with Gasteiger partial charge in [0.05, 0.1) is 29.2 Å². The van der Waals surface area contributed by atoms with Crippen molar-refractivity contribution in [3.63, 3.8) is 0 Å². The van der Waals surface area contributed by atoms with Gasteiger partial charge in [-0.3, -0.25) is 4.90 Å². The van der Waals surface area contributed by atoms with E-state index in [1.54, 1.807) is 23.1 Å². The number of nitrogens with one attached hydrogen (secondary N) is 1. The molecule has 0 amide bonds. The molecule has 1 fully saturated rings. The fraction of sp³-hybridized carbons (Fsp3) is 0.360. The molecule has 35 heavy (non-hydrogen) atoms. The van der Waals surface area contributed by atoms with Crippen LogP contribution in [0.1, 0.15) is 40.1 Å². The molecule has 0 saturated carbocycles. The highest BCUT2D eigenvalue weighted by Crippen LogP contribution is 2.30. The average Bonchev–Trinajstić information content (AvgIpc) is 2.83. The fourth-order valence-corrected chi connectivity index (χ4v) is 4.39. The number of alkyl halides is 2. The molecule has 1 aromatic heterocycles. The monoisotopic (exact) mass is 480 g/mol. The van der Waals surface area contributed by atoms with Gasteiger partial charge in [-0.15, -0.1) is 0 Å². The first-order valence-corrected chi connectivity index (χ1v) is 11.3. The lowest BCUT2D eigenvalue weighted by Crippen LogP contribution is -2.48. The molecule has 182 valence electrons. The summed E-state index contributed by atoms with van der Waals surface area (Å²) in [5.41, 5.74) is 3.75. The maximum absolute atomic E-state index is 12.8. The van der Waals surface area contributed by atoms with E-state index >= 15 is 0 Å². The van der Waals surface area contributed by atoms with Crippen LogP contribution >= 0.6 is 0 Å². The van der Waals surface area contributed by atoms with E-state index in [1.807, 2.05) is 30.9 Å². The van der Waals surface area contributed by atoms with Gasteiger partial charge in [-0.25, -0.2) is 23.5 Å². The molecular weight excluding hydrogens is 454 g/mol. The van der Waals surface area contributed by atoms with E-state index in [1.165, 1.54) is 6.07 Å². The molecule has 1 saturated heterocycles. The molecule has 2 heterocycles. The summed E-state index contributed by atoms with van der Waals surface area (Å²) in [6, 6.07) is 12.3. The highest BCUT2D eigenvalue weighted by molar-refractivity contribution is 5.94. The Morgan fingerprint density at radius 1 is 1.20 bits per heavy atom. The van der Waals surface area contributed by atoms with Crippen LogP contribution in [0.25, 0.3) is 11.0 Å². The van der Waals surface area contributed by atoms with E-state index in [0.29, 0.717) is 48.7 Å². The predicted octanol–water partition coefficient (Wildman–Crippen LogP) is 4.07. The van der Waals surface area contributed by atoms with Crippen molar-refractivity contribution in [2.24, 2.45) is 0 Å². The van der Waals surface area contributed by atoms with Gasteiger partial charge in [-0.05, 0) is 37.6 Å². The molecule has 1 aliphatic heterocycles.